The van der Waals surface area contributed by atoms with Gasteiger partial charge in [0, 0.05) is 0 Å². The highest BCUT2D eigenvalue weighted by molar-refractivity contribution is 6.33. The molecule has 0 aromatic heterocycles. The van der Waals surface area contributed by atoms with Gasteiger partial charge in [0.1, 0.15) is 5.82 Å². The molecule has 0 saturated carbocycles. The number of carbonyl (C=O) groups excluding carboxylic acids is 1. The van der Waals surface area contributed by atoms with Crippen molar-refractivity contribution in [3.05, 3.63) is 70.5 Å². The molecule has 0 heterocycles. The molecule has 4 heteroatoms. The second-order valence-corrected chi connectivity index (χ2v) is 4.64. The molecule has 98 valence electrons. The molecule has 0 aliphatic carbocycles. The van der Waals surface area contributed by atoms with E-state index in [-0.39, 0.29) is 22.5 Å². The Hall–Kier alpha value is -1.87. The Bertz CT molecular complexity index is 586. The van der Waals surface area contributed by atoms with E-state index in [0.29, 0.717) is 0 Å². The second-order valence-electron chi connectivity index (χ2n) is 4.23. The van der Waals surface area contributed by atoms with Gasteiger partial charge in [0.25, 0.3) is 5.91 Å². The number of nitrogens with one attached hydrogen (secondary N) is 1. The highest BCUT2D eigenvalue weighted by Crippen LogP contribution is 2.19. The van der Waals surface area contributed by atoms with Gasteiger partial charge in [-0.2, -0.15) is 0 Å². The molecule has 0 aliphatic rings. The van der Waals surface area contributed by atoms with Crippen molar-refractivity contribution in [2.24, 2.45) is 0 Å². The van der Waals surface area contributed by atoms with Crippen LogP contribution >= 0.6 is 11.6 Å². The van der Waals surface area contributed by atoms with Crippen LogP contribution in [0, 0.1) is 5.82 Å². The molecule has 1 unspecified atom stereocenters. The maximum atomic E-state index is 12.9. The van der Waals surface area contributed by atoms with Crippen LogP contribution in [0.4, 0.5) is 4.39 Å². The van der Waals surface area contributed by atoms with E-state index in [4.69, 9.17) is 11.6 Å². The molecule has 1 N–H and O–H groups in total. The fourth-order valence-electron chi connectivity index (χ4n) is 1.77. The number of carbonyl (C=O) groups is 1. The van der Waals surface area contributed by atoms with E-state index in [1.165, 1.54) is 12.1 Å². The van der Waals surface area contributed by atoms with Crippen LogP contribution in [0.1, 0.15) is 28.9 Å². The van der Waals surface area contributed by atoms with Gasteiger partial charge in [-0.25, -0.2) is 4.39 Å². The molecule has 0 fully saturated rings. The van der Waals surface area contributed by atoms with E-state index in [2.05, 4.69) is 5.32 Å². The van der Waals surface area contributed by atoms with Gasteiger partial charge >= 0.3 is 0 Å². The third-order valence-electron chi connectivity index (χ3n) is 2.82. The lowest BCUT2D eigenvalue weighted by Crippen LogP contribution is -2.26. The lowest BCUT2D eigenvalue weighted by molar-refractivity contribution is 0.0940. The fourth-order valence-corrected chi connectivity index (χ4v) is 2.03. The number of amides is 1. The Balaban J connectivity index is 2.13. The van der Waals surface area contributed by atoms with E-state index in [9.17, 15) is 9.18 Å². The molecule has 2 nitrogen and oxygen atoms in total. The maximum absolute atomic E-state index is 12.9. The van der Waals surface area contributed by atoms with Crippen LogP contribution in [0.25, 0.3) is 0 Å². The van der Waals surface area contributed by atoms with Crippen molar-refractivity contribution in [1.29, 1.82) is 0 Å². The first-order valence-corrected chi connectivity index (χ1v) is 6.26. The summed E-state index contributed by atoms with van der Waals surface area (Å²) in [6.07, 6.45) is 0. The average molecular weight is 278 g/mol. The first-order chi connectivity index (χ1) is 9.08. The lowest BCUT2D eigenvalue weighted by atomic mass is 10.1. The first kappa shape index (κ1) is 13.6. The molecular formula is C15H13ClFNO. The third kappa shape index (κ3) is 3.32. The summed E-state index contributed by atoms with van der Waals surface area (Å²) in [5.74, 6) is -0.779. The summed E-state index contributed by atoms with van der Waals surface area (Å²) >= 11 is 5.85. The zero-order valence-corrected chi connectivity index (χ0v) is 11.1. The van der Waals surface area contributed by atoms with Crippen LogP contribution in [0.3, 0.4) is 0 Å². The Morgan fingerprint density at radius 2 is 1.89 bits per heavy atom. The highest BCUT2D eigenvalue weighted by atomic mass is 35.5. The van der Waals surface area contributed by atoms with E-state index < -0.39 is 5.82 Å². The van der Waals surface area contributed by atoms with Gasteiger partial charge < -0.3 is 5.32 Å². The standard InChI is InChI=1S/C15H13ClFNO/c1-10(11-5-3-2-4-6-11)18-15(19)13-8-7-12(17)9-14(13)16/h2-10H,1H3,(H,18,19). The average Bonchev–Trinajstić information content (AvgIpc) is 2.39. The summed E-state index contributed by atoms with van der Waals surface area (Å²) < 4.78 is 12.9. The van der Waals surface area contributed by atoms with Crippen molar-refractivity contribution < 1.29 is 9.18 Å². The molecule has 0 spiro atoms. The largest absolute Gasteiger partial charge is 0.345 e. The second kappa shape index (κ2) is 5.85. The van der Waals surface area contributed by atoms with Crippen LogP contribution in [0.2, 0.25) is 5.02 Å². The molecule has 0 saturated heterocycles. The Labute approximate surface area is 116 Å². The van der Waals surface area contributed by atoms with Gasteiger partial charge in [0.15, 0.2) is 0 Å². The fraction of sp³-hybridized carbons (Fsp3) is 0.133. The summed E-state index contributed by atoms with van der Waals surface area (Å²) in [7, 11) is 0. The van der Waals surface area contributed by atoms with Crippen LogP contribution < -0.4 is 5.32 Å². The summed E-state index contributed by atoms with van der Waals surface area (Å²) in [5.41, 5.74) is 1.26. The van der Waals surface area contributed by atoms with Crippen molar-refractivity contribution in [3.63, 3.8) is 0 Å². The smallest absolute Gasteiger partial charge is 0.253 e. The minimum absolute atomic E-state index is 0.109. The first-order valence-electron chi connectivity index (χ1n) is 5.89. The summed E-state index contributed by atoms with van der Waals surface area (Å²) in [6, 6.07) is 13.2. The van der Waals surface area contributed by atoms with Crippen molar-refractivity contribution in [1.82, 2.24) is 5.32 Å². The Morgan fingerprint density at radius 1 is 1.21 bits per heavy atom. The Kier molecular flexibility index (Phi) is 4.17. The molecule has 2 aromatic carbocycles. The van der Waals surface area contributed by atoms with Crippen molar-refractivity contribution in [2.45, 2.75) is 13.0 Å². The van der Waals surface area contributed by atoms with E-state index >= 15 is 0 Å². The SMILES string of the molecule is CC(NC(=O)c1ccc(F)cc1Cl)c1ccccc1. The Morgan fingerprint density at radius 3 is 2.53 bits per heavy atom. The van der Waals surface area contributed by atoms with Crippen molar-refractivity contribution >= 4 is 17.5 Å². The van der Waals surface area contributed by atoms with E-state index in [1.54, 1.807) is 0 Å². The molecular weight excluding hydrogens is 265 g/mol. The molecule has 1 atom stereocenters. The molecule has 19 heavy (non-hydrogen) atoms. The van der Waals surface area contributed by atoms with Crippen molar-refractivity contribution in [3.8, 4) is 0 Å². The summed E-state index contributed by atoms with van der Waals surface area (Å²) in [6.45, 7) is 1.88. The molecule has 1 amide bonds. The topological polar surface area (TPSA) is 29.1 Å². The quantitative estimate of drug-likeness (QED) is 0.904. The number of hydrogen-bond acceptors (Lipinski definition) is 1. The van der Waals surface area contributed by atoms with Crippen LogP contribution in [-0.2, 0) is 0 Å². The minimum Gasteiger partial charge on any atom is -0.345 e. The number of halogens is 2. The maximum Gasteiger partial charge on any atom is 0.253 e. The summed E-state index contributed by atoms with van der Waals surface area (Å²) in [5, 5.41) is 2.94. The number of hydrogen-bond donors (Lipinski definition) is 1. The van der Waals surface area contributed by atoms with E-state index in [0.717, 1.165) is 11.6 Å². The molecule has 2 aromatic rings. The van der Waals surface area contributed by atoms with Crippen molar-refractivity contribution in [2.75, 3.05) is 0 Å². The van der Waals surface area contributed by atoms with Gasteiger partial charge in [0.05, 0.1) is 16.6 Å². The summed E-state index contributed by atoms with van der Waals surface area (Å²) in [4.78, 5) is 12.0. The predicted molar refractivity (Wildman–Crippen MR) is 73.7 cm³/mol. The normalized spacial score (nSPS) is 11.9. The minimum atomic E-state index is -0.461. The van der Waals surface area contributed by atoms with Crippen LogP contribution in [-0.4, -0.2) is 5.91 Å². The van der Waals surface area contributed by atoms with Gasteiger partial charge in [-0.1, -0.05) is 41.9 Å². The van der Waals surface area contributed by atoms with Crippen LogP contribution in [0.15, 0.2) is 48.5 Å². The predicted octanol–water partition coefficient (Wildman–Crippen LogP) is 3.97. The molecule has 2 rings (SSSR count). The van der Waals surface area contributed by atoms with E-state index in [1.807, 2.05) is 37.3 Å². The number of rotatable bonds is 3. The highest BCUT2D eigenvalue weighted by Gasteiger charge is 2.14. The zero-order valence-electron chi connectivity index (χ0n) is 10.4. The monoisotopic (exact) mass is 277 g/mol. The number of benzene rings is 2. The molecule has 0 bridgehead atoms. The third-order valence-corrected chi connectivity index (χ3v) is 3.14. The van der Waals surface area contributed by atoms with Gasteiger partial charge in [-0.15, -0.1) is 0 Å². The lowest BCUT2D eigenvalue weighted by Gasteiger charge is -2.14. The zero-order chi connectivity index (χ0) is 13.8. The van der Waals surface area contributed by atoms with Crippen LogP contribution in [0.5, 0.6) is 0 Å². The molecule has 0 aliphatic heterocycles. The molecule has 0 radical (unpaired) electrons. The van der Waals surface area contributed by atoms with Gasteiger partial charge in [-0.3, -0.25) is 4.79 Å². The van der Waals surface area contributed by atoms with Gasteiger partial charge in [-0.05, 0) is 30.7 Å². The van der Waals surface area contributed by atoms with Gasteiger partial charge in [0.2, 0.25) is 0 Å².